The third kappa shape index (κ3) is 7.94. The quantitative estimate of drug-likeness (QED) is 0.359. The zero-order valence-electron chi connectivity index (χ0n) is 19.0. The molecule has 2 aromatic carbocycles. The van der Waals surface area contributed by atoms with Crippen molar-refractivity contribution in [1.29, 1.82) is 0 Å². The molecule has 2 aromatic rings. The third-order valence-corrected chi connectivity index (χ3v) is 4.49. The van der Waals surface area contributed by atoms with E-state index in [1.165, 1.54) is 5.56 Å². The van der Waals surface area contributed by atoms with E-state index in [1.807, 2.05) is 32.9 Å². The van der Waals surface area contributed by atoms with E-state index in [1.54, 1.807) is 12.1 Å². The SMILES string of the molecule is C/C=C\C(c1ccc(COc2ccc(OCC(=O)OC(C)(C)C)cc2)cc1)C(C)C. The standard InChI is InChI=1S/C26H34O4/c1-7-8-24(19(2)3)21-11-9-20(10-12-21)17-28-22-13-15-23(16-14-22)29-18-25(27)30-26(4,5)6/h7-16,19,24H,17-18H2,1-6H3/b8-7-. The van der Waals surface area contributed by atoms with Crippen LogP contribution in [0.4, 0.5) is 0 Å². The molecule has 0 aliphatic carbocycles. The van der Waals surface area contributed by atoms with Gasteiger partial charge in [-0.3, -0.25) is 0 Å². The molecule has 0 amide bonds. The lowest BCUT2D eigenvalue weighted by atomic mass is 9.88. The van der Waals surface area contributed by atoms with Crippen LogP contribution in [0.2, 0.25) is 0 Å². The van der Waals surface area contributed by atoms with Crippen LogP contribution in [0.3, 0.4) is 0 Å². The molecule has 0 radical (unpaired) electrons. The van der Waals surface area contributed by atoms with E-state index >= 15 is 0 Å². The van der Waals surface area contributed by atoms with Crippen LogP contribution in [-0.2, 0) is 16.1 Å². The maximum atomic E-state index is 11.7. The van der Waals surface area contributed by atoms with E-state index in [0.29, 0.717) is 24.2 Å². The molecule has 4 heteroatoms. The molecule has 4 nitrogen and oxygen atoms in total. The van der Waals surface area contributed by atoms with Crippen LogP contribution in [0, 0.1) is 5.92 Å². The van der Waals surface area contributed by atoms with Crippen LogP contribution in [0.15, 0.2) is 60.7 Å². The van der Waals surface area contributed by atoms with Crippen molar-refractivity contribution in [2.45, 2.75) is 59.7 Å². The Balaban J connectivity index is 1.85. The fraction of sp³-hybridized carbons (Fsp3) is 0.423. The van der Waals surface area contributed by atoms with Gasteiger partial charge in [-0.2, -0.15) is 0 Å². The summed E-state index contributed by atoms with van der Waals surface area (Å²) in [6.45, 7) is 12.4. The predicted octanol–water partition coefficient (Wildman–Crippen LogP) is 6.30. The summed E-state index contributed by atoms with van der Waals surface area (Å²) in [5.41, 5.74) is 1.92. The largest absolute Gasteiger partial charge is 0.489 e. The first-order valence-electron chi connectivity index (χ1n) is 10.5. The van der Waals surface area contributed by atoms with Crippen LogP contribution in [0.5, 0.6) is 11.5 Å². The van der Waals surface area contributed by atoms with Gasteiger partial charge in [-0.15, -0.1) is 0 Å². The van der Waals surface area contributed by atoms with E-state index < -0.39 is 5.60 Å². The van der Waals surface area contributed by atoms with Crippen LogP contribution < -0.4 is 9.47 Å². The van der Waals surface area contributed by atoms with Crippen molar-refractivity contribution in [3.05, 3.63) is 71.8 Å². The van der Waals surface area contributed by atoms with Crippen molar-refractivity contribution in [3.63, 3.8) is 0 Å². The summed E-state index contributed by atoms with van der Waals surface area (Å²) in [4.78, 5) is 11.7. The fourth-order valence-corrected chi connectivity index (χ4v) is 3.07. The van der Waals surface area contributed by atoms with Gasteiger partial charge >= 0.3 is 5.97 Å². The summed E-state index contributed by atoms with van der Waals surface area (Å²) >= 11 is 0. The zero-order valence-corrected chi connectivity index (χ0v) is 19.0. The Kier molecular flexibility index (Phi) is 8.52. The molecule has 0 fully saturated rings. The molecular formula is C26H34O4. The van der Waals surface area contributed by atoms with Gasteiger partial charge in [0.15, 0.2) is 6.61 Å². The number of hydrogen-bond acceptors (Lipinski definition) is 4. The molecule has 0 heterocycles. The summed E-state index contributed by atoms with van der Waals surface area (Å²) in [5.74, 6) is 1.94. The van der Waals surface area contributed by atoms with E-state index in [4.69, 9.17) is 14.2 Å². The van der Waals surface area contributed by atoms with Gasteiger partial charge < -0.3 is 14.2 Å². The number of carbonyl (C=O) groups excluding carboxylic acids is 1. The number of rotatable bonds is 9. The summed E-state index contributed by atoms with van der Waals surface area (Å²) in [6, 6.07) is 15.8. The first-order chi connectivity index (χ1) is 14.2. The van der Waals surface area contributed by atoms with Crippen molar-refractivity contribution in [2.75, 3.05) is 6.61 Å². The summed E-state index contributed by atoms with van der Waals surface area (Å²) in [6.07, 6.45) is 4.37. The molecule has 0 aliphatic rings. The van der Waals surface area contributed by atoms with Gasteiger partial charge in [-0.1, -0.05) is 50.3 Å². The van der Waals surface area contributed by atoms with Crippen molar-refractivity contribution in [3.8, 4) is 11.5 Å². The molecule has 1 atom stereocenters. The number of carbonyl (C=O) groups is 1. The lowest BCUT2D eigenvalue weighted by Crippen LogP contribution is -2.27. The summed E-state index contributed by atoms with van der Waals surface area (Å²) < 4.78 is 16.6. The van der Waals surface area contributed by atoms with Crippen LogP contribution in [0.25, 0.3) is 0 Å². The Bertz CT molecular complexity index is 812. The molecule has 1 unspecified atom stereocenters. The maximum Gasteiger partial charge on any atom is 0.344 e. The highest BCUT2D eigenvalue weighted by atomic mass is 16.6. The number of ether oxygens (including phenoxy) is 3. The molecule has 0 saturated carbocycles. The van der Waals surface area contributed by atoms with Gasteiger partial charge in [0.05, 0.1) is 0 Å². The normalized spacial score (nSPS) is 12.8. The highest BCUT2D eigenvalue weighted by molar-refractivity contribution is 5.71. The fourth-order valence-electron chi connectivity index (χ4n) is 3.07. The van der Waals surface area contributed by atoms with E-state index in [2.05, 4.69) is 57.2 Å². The Hall–Kier alpha value is -2.75. The Morgan fingerprint density at radius 1 is 0.933 bits per heavy atom. The second kappa shape index (κ2) is 10.9. The second-order valence-electron chi connectivity index (χ2n) is 8.67. The van der Waals surface area contributed by atoms with Crippen molar-refractivity contribution >= 4 is 5.97 Å². The molecule has 162 valence electrons. The molecule has 0 saturated heterocycles. The molecule has 2 rings (SSSR count). The summed E-state index contributed by atoms with van der Waals surface area (Å²) in [5, 5.41) is 0. The number of benzene rings is 2. The molecule has 0 bridgehead atoms. The maximum absolute atomic E-state index is 11.7. The van der Waals surface area contributed by atoms with Crippen molar-refractivity contribution in [1.82, 2.24) is 0 Å². The van der Waals surface area contributed by atoms with Crippen molar-refractivity contribution in [2.24, 2.45) is 5.92 Å². The minimum Gasteiger partial charge on any atom is -0.489 e. The lowest BCUT2D eigenvalue weighted by molar-refractivity contribution is -0.157. The van der Waals surface area contributed by atoms with Crippen LogP contribution in [-0.4, -0.2) is 18.2 Å². The molecule has 0 spiro atoms. The summed E-state index contributed by atoms with van der Waals surface area (Å²) in [7, 11) is 0. The Labute approximate surface area is 180 Å². The minimum absolute atomic E-state index is 0.117. The molecule has 0 N–H and O–H groups in total. The molecule has 0 aromatic heterocycles. The van der Waals surface area contributed by atoms with Crippen molar-refractivity contribution < 1.29 is 19.0 Å². The first kappa shape index (κ1) is 23.5. The smallest absolute Gasteiger partial charge is 0.344 e. The first-order valence-corrected chi connectivity index (χ1v) is 10.5. The van der Waals surface area contributed by atoms with Gasteiger partial charge in [0.1, 0.15) is 23.7 Å². The van der Waals surface area contributed by atoms with Crippen LogP contribution >= 0.6 is 0 Å². The Morgan fingerprint density at radius 3 is 2.00 bits per heavy atom. The van der Waals surface area contributed by atoms with Gasteiger partial charge in [0.2, 0.25) is 0 Å². The topological polar surface area (TPSA) is 44.8 Å². The minimum atomic E-state index is -0.515. The van der Waals surface area contributed by atoms with Gasteiger partial charge in [0, 0.05) is 5.92 Å². The molecular weight excluding hydrogens is 376 g/mol. The number of allylic oxidation sites excluding steroid dienone is 2. The van der Waals surface area contributed by atoms with E-state index in [9.17, 15) is 4.79 Å². The highest BCUT2D eigenvalue weighted by Crippen LogP contribution is 2.26. The van der Waals surface area contributed by atoms with Gasteiger partial charge in [0.25, 0.3) is 0 Å². The van der Waals surface area contributed by atoms with Gasteiger partial charge in [-0.05, 0) is 69.0 Å². The average Bonchev–Trinajstić information content (AvgIpc) is 2.69. The number of hydrogen-bond donors (Lipinski definition) is 0. The second-order valence-corrected chi connectivity index (χ2v) is 8.67. The monoisotopic (exact) mass is 410 g/mol. The highest BCUT2D eigenvalue weighted by Gasteiger charge is 2.16. The average molecular weight is 411 g/mol. The zero-order chi connectivity index (χ0) is 22.1. The van der Waals surface area contributed by atoms with Gasteiger partial charge in [-0.25, -0.2) is 4.79 Å². The molecule has 30 heavy (non-hydrogen) atoms. The Morgan fingerprint density at radius 2 is 1.50 bits per heavy atom. The molecule has 0 aliphatic heterocycles. The predicted molar refractivity (Wildman–Crippen MR) is 121 cm³/mol. The lowest BCUT2D eigenvalue weighted by Gasteiger charge is -2.19. The number of esters is 1. The third-order valence-electron chi connectivity index (χ3n) is 4.49. The van der Waals surface area contributed by atoms with E-state index in [0.717, 1.165) is 11.3 Å². The van der Waals surface area contributed by atoms with E-state index in [-0.39, 0.29) is 12.6 Å². The van der Waals surface area contributed by atoms with Crippen LogP contribution in [0.1, 0.15) is 58.6 Å².